The molecule has 0 saturated heterocycles. The average Bonchev–Trinajstić information content (AvgIpc) is 2.58. The summed E-state index contributed by atoms with van der Waals surface area (Å²) >= 11 is 0. The molecule has 4 nitrogen and oxygen atoms in total. The van der Waals surface area contributed by atoms with Crippen molar-refractivity contribution in [2.45, 2.75) is 71.3 Å². The van der Waals surface area contributed by atoms with Gasteiger partial charge in [0.1, 0.15) is 5.54 Å². The summed E-state index contributed by atoms with van der Waals surface area (Å²) in [4.78, 5) is 25.6. The molecule has 1 aliphatic carbocycles. The average molecular weight is 330 g/mol. The standard InChI is InChI=1S/C20H30N2O2/c1-4-5-13-21-19(24)20(11-7-6-8-12-20)22-18(23)17-14-15(2)9-10-16(17)3/h9-10,14H,4-8,11-13H2,1-3H3,(H,21,24)(H,22,23). The first-order chi connectivity index (χ1) is 11.5. The summed E-state index contributed by atoms with van der Waals surface area (Å²) in [6.07, 6.45) is 6.55. The van der Waals surface area contributed by atoms with Crippen LogP contribution in [0.15, 0.2) is 18.2 Å². The number of nitrogens with one attached hydrogen (secondary N) is 2. The fourth-order valence-electron chi connectivity index (χ4n) is 3.38. The molecule has 1 aliphatic rings. The van der Waals surface area contributed by atoms with Gasteiger partial charge < -0.3 is 10.6 Å². The molecule has 1 aromatic carbocycles. The smallest absolute Gasteiger partial charge is 0.252 e. The minimum Gasteiger partial charge on any atom is -0.354 e. The molecule has 132 valence electrons. The van der Waals surface area contributed by atoms with Crippen molar-refractivity contribution in [3.05, 3.63) is 34.9 Å². The number of benzene rings is 1. The Morgan fingerprint density at radius 3 is 2.50 bits per heavy atom. The van der Waals surface area contributed by atoms with Gasteiger partial charge in [-0.2, -0.15) is 0 Å². The first-order valence-corrected chi connectivity index (χ1v) is 9.16. The number of unbranched alkanes of at least 4 members (excludes halogenated alkanes) is 1. The Morgan fingerprint density at radius 1 is 1.12 bits per heavy atom. The van der Waals surface area contributed by atoms with Crippen molar-refractivity contribution in [3.63, 3.8) is 0 Å². The van der Waals surface area contributed by atoms with E-state index >= 15 is 0 Å². The van der Waals surface area contributed by atoms with Crippen LogP contribution in [0.5, 0.6) is 0 Å². The van der Waals surface area contributed by atoms with Crippen molar-refractivity contribution >= 4 is 11.8 Å². The van der Waals surface area contributed by atoms with Crippen LogP contribution in [0.3, 0.4) is 0 Å². The van der Waals surface area contributed by atoms with Gasteiger partial charge in [-0.05, 0) is 44.7 Å². The lowest BCUT2D eigenvalue weighted by molar-refractivity contribution is -0.128. The van der Waals surface area contributed by atoms with Crippen molar-refractivity contribution < 1.29 is 9.59 Å². The first kappa shape index (κ1) is 18.5. The quantitative estimate of drug-likeness (QED) is 0.782. The van der Waals surface area contributed by atoms with Gasteiger partial charge >= 0.3 is 0 Å². The summed E-state index contributed by atoms with van der Waals surface area (Å²) < 4.78 is 0. The van der Waals surface area contributed by atoms with E-state index in [1.807, 2.05) is 32.0 Å². The number of rotatable bonds is 6. The van der Waals surface area contributed by atoms with Crippen LogP contribution < -0.4 is 10.6 Å². The molecule has 0 spiro atoms. The minimum absolute atomic E-state index is 0.0192. The molecule has 1 aromatic rings. The third-order valence-electron chi connectivity index (χ3n) is 4.95. The van der Waals surface area contributed by atoms with Gasteiger partial charge in [0.25, 0.3) is 5.91 Å². The summed E-state index contributed by atoms with van der Waals surface area (Å²) in [6.45, 7) is 6.69. The number of carbonyl (C=O) groups excluding carboxylic acids is 2. The van der Waals surface area contributed by atoms with Crippen molar-refractivity contribution in [1.29, 1.82) is 0 Å². The highest BCUT2D eigenvalue weighted by molar-refractivity contribution is 6.00. The summed E-state index contributed by atoms with van der Waals surface area (Å²) in [6, 6.07) is 5.86. The highest BCUT2D eigenvalue weighted by Gasteiger charge is 2.40. The second-order valence-corrected chi connectivity index (χ2v) is 7.02. The summed E-state index contributed by atoms with van der Waals surface area (Å²) in [5.41, 5.74) is 1.91. The Balaban J connectivity index is 2.17. The Labute approximate surface area is 145 Å². The second kappa shape index (κ2) is 8.32. The van der Waals surface area contributed by atoms with Gasteiger partial charge in [-0.3, -0.25) is 9.59 Å². The topological polar surface area (TPSA) is 58.2 Å². The van der Waals surface area contributed by atoms with Crippen LogP contribution >= 0.6 is 0 Å². The van der Waals surface area contributed by atoms with Gasteiger partial charge in [-0.25, -0.2) is 0 Å². The number of aryl methyl sites for hydroxylation is 2. The van der Waals surface area contributed by atoms with E-state index in [-0.39, 0.29) is 11.8 Å². The summed E-state index contributed by atoms with van der Waals surface area (Å²) in [5, 5.41) is 6.12. The lowest BCUT2D eigenvalue weighted by Gasteiger charge is -2.36. The zero-order valence-electron chi connectivity index (χ0n) is 15.2. The van der Waals surface area contributed by atoms with Crippen LogP contribution in [0, 0.1) is 13.8 Å². The van der Waals surface area contributed by atoms with Crippen molar-refractivity contribution in [3.8, 4) is 0 Å². The van der Waals surface area contributed by atoms with Crippen LogP contribution in [0.1, 0.15) is 73.4 Å². The Hall–Kier alpha value is -1.84. The molecule has 0 heterocycles. The maximum atomic E-state index is 12.8. The molecule has 0 unspecified atom stereocenters. The zero-order valence-corrected chi connectivity index (χ0v) is 15.2. The monoisotopic (exact) mass is 330 g/mol. The molecule has 1 fully saturated rings. The maximum absolute atomic E-state index is 12.8. The molecule has 2 N–H and O–H groups in total. The molecule has 0 radical (unpaired) electrons. The molecule has 0 bridgehead atoms. The van der Waals surface area contributed by atoms with E-state index in [2.05, 4.69) is 17.6 Å². The van der Waals surface area contributed by atoms with Gasteiger partial charge in [0, 0.05) is 12.1 Å². The van der Waals surface area contributed by atoms with E-state index in [0.717, 1.165) is 56.1 Å². The van der Waals surface area contributed by atoms with Gasteiger partial charge in [0.2, 0.25) is 5.91 Å². The van der Waals surface area contributed by atoms with Crippen molar-refractivity contribution in [2.24, 2.45) is 0 Å². The SMILES string of the molecule is CCCCNC(=O)C1(NC(=O)c2cc(C)ccc2C)CCCCC1. The summed E-state index contributed by atoms with van der Waals surface area (Å²) in [5.74, 6) is -0.155. The van der Waals surface area contributed by atoms with E-state index in [1.165, 1.54) is 0 Å². The van der Waals surface area contributed by atoms with Gasteiger partial charge in [-0.1, -0.05) is 50.3 Å². The molecule has 2 rings (SSSR count). The molecule has 24 heavy (non-hydrogen) atoms. The number of hydrogen-bond acceptors (Lipinski definition) is 2. The molecule has 0 atom stereocenters. The van der Waals surface area contributed by atoms with Crippen LogP contribution in [-0.2, 0) is 4.79 Å². The van der Waals surface area contributed by atoms with Crippen molar-refractivity contribution in [2.75, 3.05) is 6.54 Å². The van der Waals surface area contributed by atoms with Gasteiger partial charge in [0.15, 0.2) is 0 Å². The molecule has 1 saturated carbocycles. The fourth-order valence-corrected chi connectivity index (χ4v) is 3.38. The molecule has 0 aromatic heterocycles. The lowest BCUT2D eigenvalue weighted by Crippen LogP contribution is -2.59. The van der Waals surface area contributed by atoms with Crippen LogP contribution in [0.25, 0.3) is 0 Å². The molecule has 4 heteroatoms. The summed E-state index contributed by atoms with van der Waals surface area (Å²) in [7, 11) is 0. The third-order valence-corrected chi connectivity index (χ3v) is 4.95. The molecular formula is C20H30N2O2. The van der Waals surface area contributed by atoms with Crippen LogP contribution in [0.4, 0.5) is 0 Å². The Kier molecular flexibility index (Phi) is 6.41. The van der Waals surface area contributed by atoms with E-state index in [0.29, 0.717) is 12.1 Å². The van der Waals surface area contributed by atoms with Gasteiger partial charge in [-0.15, -0.1) is 0 Å². The van der Waals surface area contributed by atoms with Crippen molar-refractivity contribution in [1.82, 2.24) is 10.6 Å². The highest BCUT2D eigenvalue weighted by atomic mass is 16.2. The van der Waals surface area contributed by atoms with Crippen LogP contribution in [0.2, 0.25) is 0 Å². The zero-order chi connectivity index (χ0) is 17.6. The molecular weight excluding hydrogens is 300 g/mol. The van der Waals surface area contributed by atoms with E-state index in [9.17, 15) is 9.59 Å². The second-order valence-electron chi connectivity index (χ2n) is 7.02. The largest absolute Gasteiger partial charge is 0.354 e. The van der Waals surface area contributed by atoms with Gasteiger partial charge in [0.05, 0.1) is 0 Å². The molecule has 2 amide bonds. The highest BCUT2D eigenvalue weighted by Crippen LogP contribution is 2.29. The normalized spacial score (nSPS) is 16.5. The lowest BCUT2D eigenvalue weighted by atomic mass is 9.80. The van der Waals surface area contributed by atoms with E-state index in [1.54, 1.807) is 0 Å². The minimum atomic E-state index is -0.751. The maximum Gasteiger partial charge on any atom is 0.252 e. The number of carbonyl (C=O) groups is 2. The first-order valence-electron chi connectivity index (χ1n) is 9.16. The third kappa shape index (κ3) is 4.37. The number of amides is 2. The fraction of sp³-hybridized carbons (Fsp3) is 0.600. The Bertz CT molecular complexity index is 589. The van der Waals surface area contributed by atoms with Crippen LogP contribution in [-0.4, -0.2) is 23.9 Å². The van der Waals surface area contributed by atoms with E-state index < -0.39 is 5.54 Å². The van der Waals surface area contributed by atoms with E-state index in [4.69, 9.17) is 0 Å². The molecule has 0 aliphatic heterocycles. The predicted molar refractivity (Wildman–Crippen MR) is 97.1 cm³/mol. The predicted octanol–water partition coefficient (Wildman–Crippen LogP) is 3.65. The number of hydrogen-bond donors (Lipinski definition) is 2. The Morgan fingerprint density at radius 2 is 1.83 bits per heavy atom.